The molecule has 2 aromatic heterocycles. The van der Waals surface area contributed by atoms with E-state index in [1.54, 1.807) is 11.9 Å². The molecule has 272 valence electrons. The minimum Gasteiger partial charge on any atom is -0.453 e. The molecule has 1 aliphatic carbocycles. The highest BCUT2D eigenvalue weighted by atomic mass is 16.5. The second-order valence-electron chi connectivity index (χ2n) is 14.8. The summed E-state index contributed by atoms with van der Waals surface area (Å²) in [4.78, 5) is 56.2. The van der Waals surface area contributed by atoms with Crippen LogP contribution < -0.4 is 15.5 Å². The summed E-state index contributed by atoms with van der Waals surface area (Å²) in [7, 11) is 3.04. The number of imidazole rings is 1. The molecule has 0 unspecified atom stereocenters. The molecular formula is C40H48N8O4. The fourth-order valence-corrected chi connectivity index (χ4v) is 8.93. The molecule has 1 spiro atoms. The van der Waals surface area contributed by atoms with Crippen molar-refractivity contribution in [2.75, 3.05) is 50.6 Å². The van der Waals surface area contributed by atoms with Crippen molar-refractivity contribution >= 4 is 46.1 Å². The number of benzene rings is 2. The fourth-order valence-electron chi connectivity index (χ4n) is 8.93. The number of likely N-dealkylation sites (tertiary alicyclic amines) is 2. The summed E-state index contributed by atoms with van der Waals surface area (Å²) < 4.78 is 7.08. The van der Waals surface area contributed by atoms with Crippen LogP contribution in [-0.2, 0) is 21.5 Å². The first-order valence-electron chi connectivity index (χ1n) is 18.8. The van der Waals surface area contributed by atoms with Crippen molar-refractivity contribution in [2.45, 2.75) is 82.8 Å². The Hall–Kier alpha value is -4.97. The summed E-state index contributed by atoms with van der Waals surface area (Å²) in [6, 6.07) is 14.7. The van der Waals surface area contributed by atoms with Crippen LogP contribution in [0.2, 0.25) is 0 Å². The number of carbonyl (C=O) groups excluding carboxylic acids is 3. The van der Waals surface area contributed by atoms with Gasteiger partial charge in [0.15, 0.2) is 5.82 Å². The van der Waals surface area contributed by atoms with Crippen LogP contribution in [0.5, 0.6) is 0 Å². The van der Waals surface area contributed by atoms with E-state index in [0.29, 0.717) is 43.4 Å². The number of hydrogen-bond acceptors (Lipinski definition) is 8. The van der Waals surface area contributed by atoms with Crippen LogP contribution in [0.3, 0.4) is 0 Å². The molecule has 8 rings (SSSR count). The molecule has 2 aromatic carbocycles. The Kier molecular flexibility index (Phi) is 8.89. The van der Waals surface area contributed by atoms with E-state index in [2.05, 4.69) is 50.1 Å². The number of fused-ring (bicyclic) bond motifs is 3. The van der Waals surface area contributed by atoms with Crippen molar-refractivity contribution in [1.29, 1.82) is 0 Å². The van der Waals surface area contributed by atoms with Gasteiger partial charge in [0.2, 0.25) is 5.91 Å². The third kappa shape index (κ3) is 5.67. The lowest BCUT2D eigenvalue weighted by molar-refractivity contribution is -0.126. The SMILES string of the molecule is CCn1cnc2cc(-c3ccc4c(c3)N(C3CC(N5CCCCC5)C3)C(=O)C43CCN(C(=O)OC)CC3)nc(Nc3ccc(C)c(C(=O)NC)c3)c21. The number of anilines is 3. The smallest absolute Gasteiger partial charge is 0.409 e. The van der Waals surface area contributed by atoms with Gasteiger partial charge in [0.25, 0.3) is 5.91 Å². The first-order valence-corrected chi connectivity index (χ1v) is 18.8. The van der Waals surface area contributed by atoms with Crippen LogP contribution in [0.15, 0.2) is 48.8 Å². The molecule has 2 saturated heterocycles. The summed E-state index contributed by atoms with van der Waals surface area (Å²) in [6.45, 7) is 7.95. The van der Waals surface area contributed by atoms with Crippen LogP contribution in [0, 0.1) is 6.92 Å². The standard InChI is InChI=1S/C40H48N8O4/c1-5-45-24-42-33-23-32(44-36(35(33)45)43-27-11-9-25(2)30(20-27)37(49)41-3)26-10-12-31-34(19-26)48(29-21-28(22-29)46-15-7-6-8-16-46)38(50)40(31)13-17-47(18-14-40)39(51)52-4/h9-12,19-20,23-24,28-29H,5-8,13-18,21-22H2,1-4H3,(H,41,49)(H,43,44). The van der Waals surface area contributed by atoms with Gasteiger partial charge in [-0.1, -0.05) is 24.6 Å². The number of aryl methyl sites for hydroxylation is 2. The Balaban J connectivity index is 1.17. The molecule has 5 heterocycles. The largest absolute Gasteiger partial charge is 0.453 e. The number of ether oxygens (including phenoxy) is 1. The summed E-state index contributed by atoms with van der Waals surface area (Å²) >= 11 is 0. The van der Waals surface area contributed by atoms with Gasteiger partial charge in [0.05, 0.1) is 30.1 Å². The summed E-state index contributed by atoms with van der Waals surface area (Å²) in [5.74, 6) is 0.651. The quantitative estimate of drug-likeness (QED) is 0.240. The Morgan fingerprint density at radius 1 is 0.981 bits per heavy atom. The lowest BCUT2D eigenvalue weighted by Crippen LogP contribution is -2.58. The number of rotatable bonds is 7. The van der Waals surface area contributed by atoms with Gasteiger partial charge < -0.3 is 34.6 Å². The van der Waals surface area contributed by atoms with Crippen LogP contribution in [0.25, 0.3) is 22.3 Å². The molecule has 4 aromatic rings. The van der Waals surface area contributed by atoms with Gasteiger partial charge in [-0.05, 0) is 101 Å². The number of amides is 3. The Labute approximate surface area is 304 Å². The molecule has 4 aliphatic rings. The second-order valence-corrected chi connectivity index (χ2v) is 14.8. The van der Waals surface area contributed by atoms with E-state index in [9.17, 15) is 14.4 Å². The number of nitrogens with zero attached hydrogens (tertiary/aromatic N) is 6. The van der Waals surface area contributed by atoms with Crippen molar-refractivity contribution in [3.8, 4) is 11.3 Å². The van der Waals surface area contributed by atoms with Gasteiger partial charge in [-0.25, -0.2) is 14.8 Å². The highest BCUT2D eigenvalue weighted by molar-refractivity contribution is 6.09. The van der Waals surface area contributed by atoms with Crippen molar-refractivity contribution in [3.05, 3.63) is 65.5 Å². The van der Waals surface area contributed by atoms with Crippen molar-refractivity contribution < 1.29 is 19.1 Å². The van der Waals surface area contributed by atoms with Crippen molar-refractivity contribution in [3.63, 3.8) is 0 Å². The van der Waals surface area contributed by atoms with Gasteiger partial charge in [0, 0.05) is 61.3 Å². The Morgan fingerprint density at radius 3 is 2.46 bits per heavy atom. The van der Waals surface area contributed by atoms with E-state index in [1.165, 1.54) is 26.4 Å². The third-order valence-electron chi connectivity index (χ3n) is 12.0. The first kappa shape index (κ1) is 34.1. The Morgan fingerprint density at radius 2 is 1.75 bits per heavy atom. The van der Waals surface area contributed by atoms with Crippen molar-refractivity contribution in [1.82, 2.24) is 29.7 Å². The molecule has 2 N–H and O–H groups in total. The zero-order chi connectivity index (χ0) is 36.1. The summed E-state index contributed by atoms with van der Waals surface area (Å²) in [5.41, 5.74) is 6.88. The Bertz CT molecular complexity index is 2040. The number of aromatic nitrogens is 3. The minimum absolute atomic E-state index is 0.135. The molecule has 3 amide bonds. The van der Waals surface area contributed by atoms with Crippen LogP contribution in [0.4, 0.5) is 22.0 Å². The van der Waals surface area contributed by atoms with Crippen LogP contribution in [0.1, 0.15) is 73.4 Å². The molecule has 0 radical (unpaired) electrons. The number of pyridine rings is 1. The van der Waals surface area contributed by atoms with E-state index in [1.807, 2.05) is 37.5 Å². The van der Waals surface area contributed by atoms with Crippen LogP contribution >= 0.6 is 0 Å². The first-order chi connectivity index (χ1) is 25.2. The molecule has 0 bridgehead atoms. The molecule has 0 atom stereocenters. The molecule has 3 aliphatic heterocycles. The predicted octanol–water partition coefficient (Wildman–Crippen LogP) is 5.99. The van der Waals surface area contributed by atoms with E-state index < -0.39 is 5.41 Å². The number of carbonyl (C=O) groups is 3. The number of methoxy groups -OCH3 is 1. The number of piperidine rings is 2. The summed E-state index contributed by atoms with van der Waals surface area (Å²) in [5, 5.41) is 6.24. The van der Waals surface area contributed by atoms with E-state index in [0.717, 1.165) is 77.3 Å². The fraction of sp³-hybridized carbons (Fsp3) is 0.475. The van der Waals surface area contributed by atoms with Gasteiger partial charge in [-0.2, -0.15) is 0 Å². The van der Waals surface area contributed by atoms with Gasteiger partial charge in [-0.15, -0.1) is 0 Å². The number of nitrogens with one attached hydrogen (secondary N) is 2. The predicted molar refractivity (Wildman–Crippen MR) is 201 cm³/mol. The maximum atomic E-state index is 14.8. The van der Waals surface area contributed by atoms with Gasteiger partial charge in [0.1, 0.15) is 5.52 Å². The minimum atomic E-state index is -0.674. The van der Waals surface area contributed by atoms with Crippen molar-refractivity contribution in [2.24, 2.45) is 0 Å². The van der Waals surface area contributed by atoms with E-state index in [4.69, 9.17) is 14.7 Å². The maximum Gasteiger partial charge on any atom is 0.409 e. The molecule has 3 fully saturated rings. The molecular weight excluding hydrogens is 656 g/mol. The molecule has 12 nitrogen and oxygen atoms in total. The zero-order valence-electron chi connectivity index (χ0n) is 30.6. The van der Waals surface area contributed by atoms with Crippen LogP contribution in [-0.4, -0.2) is 94.7 Å². The van der Waals surface area contributed by atoms with E-state index in [-0.39, 0.29) is 23.9 Å². The van der Waals surface area contributed by atoms with E-state index >= 15 is 0 Å². The summed E-state index contributed by atoms with van der Waals surface area (Å²) in [6.07, 6.45) is 8.36. The average Bonchev–Trinajstić information content (AvgIpc) is 3.68. The third-order valence-corrected chi connectivity index (χ3v) is 12.0. The normalized spacial score (nSPS) is 21.3. The highest BCUT2D eigenvalue weighted by Crippen LogP contribution is 2.52. The monoisotopic (exact) mass is 704 g/mol. The average molecular weight is 705 g/mol. The maximum absolute atomic E-state index is 14.8. The van der Waals surface area contributed by atoms with Gasteiger partial charge >= 0.3 is 6.09 Å². The molecule has 12 heteroatoms. The second kappa shape index (κ2) is 13.5. The van der Waals surface area contributed by atoms with Gasteiger partial charge in [-0.3, -0.25) is 9.59 Å². The highest BCUT2D eigenvalue weighted by Gasteiger charge is 2.56. The lowest BCUT2D eigenvalue weighted by Gasteiger charge is -2.48. The molecule has 52 heavy (non-hydrogen) atoms. The topological polar surface area (TPSA) is 125 Å². The number of hydrogen-bond donors (Lipinski definition) is 2. The lowest BCUT2D eigenvalue weighted by atomic mass is 9.73. The zero-order valence-corrected chi connectivity index (χ0v) is 30.6. The molecule has 1 saturated carbocycles.